The van der Waals surface area contributed by atoms with Crippen molar-refractivity contribution in [2.45, 2.75) is 13.3 Å². The van der Waals surface area contributed by atoms with Gasteiger partial charge in [-0.15, -0.1) is 0 Å². The molecule has 0 unspecified atom stereocenters. The highest BCUT2D eigenvalue weighted by Gasteiger charge is 2.02. The second-order valence-corrected chi connectivity index (χ2v) is 4.53. The van der Waals surface area contributed by atoms with E-state index in [0.29, 0.717) is 6.42 Å². The molecule has 0 saturated carbocycles. The number of benzene rings is 2. The summed E-state index contributed by atoms with van der Waals surface area (Å²) in [5.74, 6) is 0.174. The molecule has 0 atom stereocenters. The van der Waals surface area contributed by atoms with Gasteiger partial charge in [0.05, 0.1) is 0 Å². The lowest BCUT2D eigenvalue weighted by atomic mass is 10.0. The summed E-state index contributed by atoms with van der Waals surface area (Å²) < 4.78 is 0. The molecule has 0 bridgehead atoms. The van der Waals surface area contributed by atoms with Crippen LogP contribution in [-0.4, -0.2) is 5.78 Å². The number of halogens is 1. The Hall–Kier alpha value is -1.60. The number of carbonyl (C=O) groups is 1. The van der Waals surface area contributed by atoms with Crippen molar-refractivity contribution in [3.8, 4) is 11.1 Å². The van der Waals surface area contributed by atoms with Crippen molar-refractivity contribution in [3.63, 3.8) is 0 Å². The van der Waals surface area contributed by atoms with E-state index in [1.807, 2.05) is 48.5 Å². The lowest BCUT2D eigenvalue weighted by Gasteiger charge is -2.04. The highest BCUT2D eigenvalue weighted by atomic mass is 35.5. The molecule has 86 valence electrons. The van der Waals surface area contributed by atoms with Crippen LogP contribution in [0.4, 0.5) is 0 Å². The van der Waals surface area contributed by atoms with Crippen LogP contribution in [0.3, 0.4) is 0 Å². The average Bonchev–Trinajstić information content (AvgIpc) is 2.28. The van der Waals surface area contributed by atoms with Gasteiger partial charge in [-0.1, -0.05) is 48.0 Å². The Morgan fingerprint density at radius 2 is 1.71 bits per heavy atom. The third-order valence-electron chi connectivity index (χ3n) is 2.54. The summed E-state index contributed by atoms with van der Waals surface area (Å²) in [5.41, 5.74) is 3.20. The third-order valence-corrected chi connectivity index (χ3v) is 2.77. The van der Waals surface area contributed by atoms with Gasteiger partial charge in [0, 0.05) is 11.4 Å². The van der Waals surface area contributed by atoms with Crippen molar-refractivity contribution in [3.05, 3.63) is 59.1 Å². The molecule has 0 fully saturated rings. The van der Waals surface area contributed by atoms with Gasteiger partial charge in [-0.05, 0) is 35.7 Å². The maximum absolute atomic E-state index is 11.1. The molecule has 0 amide bonds. The zero-order valence-electron chi connectivity index (χ0n) is 9.61. The highest BCUT2D eigenvalue weighted by molar-refractivity contribution is 6.30. The van der Waals surface area contributed by atoms with Crippen molar-refractivity contribution in [1.29, 1.82) is 0 Å². The number of rotatable bonds is 3. The predicted octanol–water partition coefficient (Wildman–Crippen LogP) is 4.14. The van der Waals surface area contributed by atoms with E-state index in [4.69, 9.17) is 11.6 Å². The molecule has 2 heteroatoms. The van der Waals surface area contributed by atoms with Gasteiger partial charge < -0.3 is 0 Å². The fourth-order valence-electron chi connectivity index (χ4n) is 1.82. The van der Waals surface area contributed by atoms with Crippen molar-refractivity contribution >= 4 is 17.4 Å². The van der Waals surface area contributed by atoms with Crippen molar-refractivity contribution in [1.82, 2.24) is 0 Å². The standard InChI is InChI=1S/C15H13ClO/c1-11(17)8-12-4-2-5-13(9-12)14-6-3-7-15(16)10-14/h2-7,9-10H,8H2,1H3. The van der Waals surface area contributed by atoms with Crippen LogP contribution in [-0.2, 0) is 11.2 Å². The van der Waals surface area contributed by atoms with E-state index in [2.05, 4.69) is 0 Å². The third kappa shape index (κ3) is 3.18. The maximum atomic E-state index is 11.1. The summed E-state index contributed by atoms with van der Waals surface area (Å²) in [6.07, 6.45) is 0.481. The van der Waals surface area contributed by atoms with Crippen molar-refractivity contribution in [2.24, 2.45) is 0 Å². The van der Waals surface area contributed by atoms with Gasteiger partial charge in [0.15, 0.2) is 0 Å². The van der Waals surface area contributed by atoms with Crippen LogP contribution < -0.4 is 0 Å². The predicted molar refractivity (Wildman–Crippen MR) is 71.3 cm³/mol. The van der Waals surface area contributed by atoms with Crippen LogP contribution in [0.25, 0.3) is 11.1 Å². The van der Waals surface area contributed by atoms with Gasteiger partial charge in [-0.3, -0.25) is 4.79 Å². The number of carbonyl (C=O) groups excluding carboxylic acids is 1. The normalized spacial score (nSPS) is 10.2. The fourth-order valence-corrected chi connectivity index (χ4v) is 2.01. The molecule has 17 heavy (non-hydrogen) atoms. The van der Waals surface area contributed by atoms with E-state index >= 15 is 0 Å². The first kappa shape index (κ1) is 11.9. The Balaban J connectivity index is 2.36. The number of hydrogen-bond acceptors (Lipinski definition) is 1. The van der Waals surface area contributed by atoms with Crippen LogP contribution in [0.5, 0.6) is 0 Å². The largest absolute Gasteiger partial charge is 0.300 e. The second-order valence-electron chi connectivity index (χ2n) is 4.09. The van der Waals surface area contributed by atoms with E-state index in [1.165, 1.54) is 0 Å². The van der Waals surface area contributed by atoms with Gasteiger partial charge >= 0.3 is 0 Å². The van der Waals surface area contributed by atoms with Crippen LogP contribution in [0.15, 0.2) is 48.5 Å². The maximum Gasteiger partial charge on any atom is 0.134 e. The molecule has 0 heterocycles. The molecule has 0 aliphatic rings. The second kappa shape index (κ2) is 5.15. The molecule has 0 radical (unpaired) electrons. The molecule has 2 rings (SSSR count). The van der Waals surface area contributed by atoms with Crippen LogP contribution in [0.2, 0.25) is 5.02 Å². The zero-order chi connectivity index (χ0) is 12.3. The van der Waals surface area contributed by atoms with Gasteiger partial charge in [-0.2, -0.15) is 0 Å². The van der Waals surface area contributed by atoms with E-state index in [-0.39, 0.29) is 5.78 Å². The molecule has 0 aliphatic carbocycles. The summed E-state index contributed by atoms with van der Waals surface area (Å²) in [4.78, 5) is 11.1. The molecule has 0 saturated heterocycles. The number of hydrogen-bond donors (Lipinski definition) is 0. The molecular formula is C15H13ClO. The molecule has 0 N–H and O–H groups in total. The Kier molecular flexibility index (Phi) is 3.60. The lowest BCUT2D eigenvalue weighted by molar-refractivity contribution is -0.116. The fraction of sp³-hybridized carbons (Fsp3) is 0.133. The molecule has 2 aromatic carbocycles. The quantitative estimate of drug-likeness (QED) is 0.793. The zero-order valence-corrected chi connectivity index (χ0v) is 10.4. The summed E-state index contributed by atoms with van der Waals surface area (Å²) in [6, 6.07) is 15.7. The van der Waals surface area contributed by atoms with Crippen LogP contribution in [0.1, 0.15) is 12.5 Å². The smallest absolute Gasteiger partial charge is 0.134 e. The lowest BCUT2D eigenvalue weighted by Crippen LogP contribution is -1.95. The number of ketones is 1. The molecule has 2 aromatic rings. The van der Waals surface area contributed by atoms with Gasteiger partial charge in [0.1, 0.15) is 5.78 Å². The van der Waals surface area contributed by atoms with Crippen LogP contribution in [0, 0.1) is 0 Å². The minimum absolute atomic E-state index is 0.174. The summed E-state index contributed by atoms with van der Waals surface area (Å²) in [6.45, 7) is 1.60. The molecule has 0 spiro atoms. The Labute approximate surface area is 106 Å². The first-order valence-corrected chi connectivity index (χ1v) is 5.87. The summed E-state index contributed by atoms with van der Waals surface area (Å²) >= 11 is 5.96. The van der Waals surface area contributed by atoms with E-state index in [1.54, 1.807) is 6.92 Å². The monoisotopic (exact) mass is 244 g/mol. The molecule has 1 nitrogen and oxygen atoms in total. The number of Topliss-reactive ketones (excluding diaryl/α,β-unsaturated/α-hetero) is 1. The summed E-state index contributed by atoms with van der Waals surface area (Å²) in [7, 11) is 0. The highest BCUT2D eigenvalue weighted by Crippen LogP contribution is 2.23. The van der Waals surface area contributed by atoms with E-state index in [9.17, 15) is 4.79 Å². The summed E-state index contributed by atoms with van der Waals surface area (Å²) in [5, 5.41) is 0.722. The minimum Gasteiger partial charge on any atom is -0.300 e. The average molecular weight is 245 g/mol. The topological polar surface area (TPSA) is 17.1 Å². The first-order chi connectivity index (χ1) is 8.15. The van der Waals surface area contributed by atoms with Gasteiger partial charge in [0.25, 0.3) is 0 Å². The van der Waals surface area contributed by atoms with Crippen molar-refractivity contribution in [2.75, 3.05) is 0 Å². The van der Waals surface area contributed by atoms with E-state index in [0.717, 1.165) is 21.7 Å². The molecule has 0 aliphatic heterocycles. The first-order valence-electron chi connectivity index (χ1n) is 5.49. The Morgan fingerprint density at radius 3 is 2.35 bits per heavy atom. The van der Waals surface area contributed by atoms with Gasteiger partial charge in [0.2, 0.25) is 0 Å². The van der Waals surface area contributed by atoms with E-state index < -0.39 is 0 Å². The SMILES string of the molecule is CC(=O)Cc1cccc(-c2cccc(Cl)c2)c1. The van der Waals surface area contributed by atoms with Crippen LogP contribution >= 0.6 is 11.6 Å². The van der Waals surface area contributed by atoms with Gasteiger partial charge in [-0.25, -0.2) is 0 Å². The molecule has 0 aromatic heterocycles. The molecular weight excluding hydrogens is 232 g/mol. The Bertz CT molecular complexity index is 546. The minimum atomic E-state index is 0.174. The van der Waals surface area contributed by atoms with Crippen molar-refractivity contribution < 1.29 is 4.79 Å². The Morgan fingerprint density at radius 1 is 1.06 bits per heavy atom.